The van der Waals surface area contributed by atoms with E-state index in [1.54, 1.807) is 13.2 Å². The molecule has 0 spiro atoms. The van der Waals surface area contributed by atoms with Crippen LogP contribution in [-0.2, 0) is 0 Å². The Balaban J connectivity index is 2.03. The van der Waals surface area contributed by atoms with Crippen molar-refractivity contribution in [2.24, 2.45) is 5.92 Å². The third kappa shape index (κ3) is 3.73. The number of nitrogens with one attached hydrogen (secondary N) is 2. The van der Waals surface area contributed by atoms with E-state index in [1.165, 1.54) is 6.42 Å². The van der Waals surface area contributed by atoms with Gasteiger partial charge >= 0.3 is 0 Å². The largest absolute Gasteiger partial charge is 0.496 e. The fraction of sp³-hybridized carbons (Fsp3) is 0.533. The molecule has 1 amide bonds. The van der Waals surface area contributed by atoms with Crippen molar-refractivity contribution < 1.29 is 9.53 Å². The lowest BCUT2D eigenvalue weighted by molar-refractivity contribution is 0.0919. The molecule has 0 aliphatic carbocycles. The second-order valence-electron chi connectivity index (χ2n) is 5.21. The van der Waals surface area contributed by atoms with E-state index in [4.69, 9.17) is 4.74 Å². The molecule has 1 aromatic rings. The van der Waals surface area contributed by atoms with E-state index in [1.807, 2.05) is 12.1 Å². The van der Waals surface area contributed by atoms with Crippen LogP contribution in [0.2, 0.25) is 0 Å². The van der Waals surface area contributed by atoms with E-state index in [0.717, 1.165) is 24.0 Å². The Morgan fingerprint density at radius 1 is 1.55 bits per heavy atom. The van der Waals surface area contributed by atoms with Gasteiger partial charge in [0.1, 0.15) is 5.75 Å². The van der Waals surface area contributed by atoms with Crippen LogP contribution in [0.5, 0.6) is 5.75 Å². The average Bonchev–Trinajstić information content (AvgIpc) is 2.47. The van der Waals surface area contributed by atoms with E-state index in [9.17, 15) is 4.79 Å². The maximum atomic E-state index is 12.4. The summed E-state index contributed by atoms with van der Waals surface area (Å²) in [6, 6.07) is 5.60. The van der Waals surface area contributed by atoms with Crippen LogP contribution in [0.1, 0.15) is 30.1 Å². The van der Waals surface area contributed by atoms with Crippen LogP contribution in [0.15, 0.2) is 22.7 Å². The number of methoxy groups -OCH3 is 1. The van der Waals surface area contributed by atoms with Gasteiger partial charge in [0.25, 0.3) is 5.91 Å². The highest BCUT2D eigenvalue weighted by Gasteiger charge is 2.22. The number of hydrogen-bond acceptors (Lipinski definition) is 3. The predicted molar refractivity (Wildman–Crippen MR) is 83.2 cm³/mol. The summed E-state index contributed by atoms with van der Waals surface area (Å²) in [7, 11) is 1.58. The second kappa shape index (κ2) is 7.09. The molecule has 2 rings (SSSR count). The summed E-state index contributed by atoms with van der Waals surface area (Å²) >= 11 is 3.38. The van der Waals surface area contributed by atoms with Gasteiger partial charge in [-0.25, -0.2) is 0 Å². The first kappa shape index (κ1) is 15.3. The Labute approximate surface area is 128 Å². The molecule has 1 aromatic carbocycles. The standard InChI is InChI=1S/C15H21BrN2O2/c1-10(11-4-3-7-17-9-11)18-15(19)13-6-5-12(16)8-14(13)20-2/h5-6,8,10-11,17H,3-4,7,9H2,1-2H3,(H,18,19). The molecule has 1 fully saturated rings. The summed E-state index contributed by atoms with van der Waals surface area (Å²) in [5.41, 5.74) is 0.575. The molecule has 0 saturated carbocycles. The van der Waals surface area contributed by atoms with Gasteiger partial charge in [0, 0.05) is 10.5 Å². The van der Waals surface area contributed by atoms with Gasteiger partial charge in [-0.1, -0.05) is 15.9 Å². The Kier molecular flexibility index (Phi) is 5.43. The number of carbonyl (C=O) groups is 1. The highest BCUT2D eigenvalue weighted by molar-refractivity contribution is 9.10. The zero-order chi connectivity index (χ0) is 14.5. The molecule has 0 radical (unpaired) electrons. The fourth-order valence-corrected chi connectivity index (χ4v) is 2.90. The van der Waals surface area contributed by atoms with Gasteiger partial charge in [-0.05, 0) is 57.0 Å². The first-order valence-electron chi connectivity index (χ1n) is 6.97. The normalized spacial score (nSPS) is 20.2. The Morgan fingerprint density at radius 2 is 2.35 bits per heavy atom. The quantitative estimate of drug-likeness (QED) is 0.885. The summed E-state index contributed by atoms with van der Waals surface area (Å²) in [4.78, 5) is 12.4. The highest BCUT2D eigenvalue weighted by Crippen LogP contribution is 2.24. The molecule has 20 heavy (non-hydrogen) atoms. The van der Waals surface area contributed by atoms with E-state index in [-0.39, 0.29) is 11.9 Å². The van der Waals surface area contributed by atoms with E-state index in [0.29, 0.717) is 17.2 Å². The van der Waals surface area contributed by atoms with Crippen molar-refractivity contribution in [2.75, 3.05) is 20.2 Å². The fourth-order valence-electron chi connectivity index (χ4n) is 2.56. The van der Waals surface area contributed by atoms with E-state index in [2.05, 4.69) is 33.5 Å². The van der Waals surface area contributed by atoms with Crippen molar-refractivity contribution in [1.82, 2.24) is 10.6 Å². The summed E-state index contributed by atoms with van der Waals surface area (Å²) in [5, 5.41) is 6.46. The molecule has 0 aromatic heterocycles. The van der Waals surface area contributed by atoms with Crippen molar-refractivity contribution in [3.05, 3.63) is 28.2 Å². The molecule has 1 aliphatic heterocycles. The first-order chi connectivity index (χ1) is 9.61. The smallest absolute Gasteiger partial charge is 0.255 e. The first-order valence-corrected chi connectivity index (χ1v) is 7.76. The van der Waals surface area contributed by atoms with E-state index >= 15 is 0 Å². The number of halogens is 1. The monoisotopic (exact) mass is 340 g/mol. The van der Waals surface area contributed by atoms with Crippen molar-refractivity contribution >= 4 is 21.8 Å². The van der Waals surface area contributed by atoms with Crippen molar-refractivity contribution in [1.29, 1.82) is 0 Å². The minimum absolute atomic E-state index is 0.0765. The van der Waals surface area contributed by atoms with Crippen LogP contribution in [-0.4, -0.2) is 32.1 Å². The number of amides is 1. The lowest BCUT2D eigenvalue weighted by Gasteiger charge is -2.29. The van der Waals surface area contributed by atoms with Crippen LogP contribution < -0.4 is 15.4 Å². The minimum Gasteiger partial charge on any atom is -0.496 e. The third-order valence-corrected chi connectivity index (χ3v) is 4.30. The molecule has 2 unspecified atom stereocenters. The molecule has 5 heteroatoms. The SMILES string of the molecule is COc1cc(Br)ccc1C(=O)NC(C)C1CCCNC1. The topological polar surface area (TPSA) is 50.4 Å². The molecule has 1 heterocycles. The van der Waals surface area contributed by atoms with E-state index < -0.39 is 0 Å². The molecule has 4 nitrogen and oxygen atoms in total. The van der Waals surface area contributed by atoms with Crippen molar-refractivity contribution in [3.63, 3.8) is 0 Å². The van der Waals surface area contributed by atoms with Crippen LogP contribution in [0.4, 0.5) is 0 Å². The number of rotatable bonds is 4. The Morgan fingerprint density at radius 3 is 3.00 bits per heavy atom. The van der Waals surface area contributed by atoms with Gasteiger partial charge in [-0.2, -0.15) is 0 Å². The summed E-state index contributed by atoms with van der Waals surface area (Å²) in [5.74, 6) is 1.01. The third-order valence-electron chi connectivity index (χ3n) is 3.81. The predicted octanol–water partition coefficient (Wildman–Crippen LogP) is 2.58. The maximum Gasteiger partial charge on any atom is 0.255 e. The zero-order valence-electron chi connectivity index (χ0n) is 11.9. The second-order valence-corrected chi connectivity index (χ2v) is 6.13. The lowest BCUT2D eigenvalue weighted by Crippen LogP contribution is -2.44. The number of carbonyl (C=O) groups excluding carboxylic acids is 1. The molecular formula is C15H21BrN2O2. The molecule has 0 bridgehead atoms. The summed E-state index contributed by atoms with van der Waals surface area (Å²) in [6.45, 7) is 4.12. The zero-order valence-corrected chi connectivity index (χ0v) is 13.5. The van der Waals surface area contributed by atoms with Crippen LogP contribution in [0.3, 0.4) is 0 Å². The minimum atomic E-state index is -0.0765. The molecule has 2 N–H and O–H groups in total. The molecule has 110 valence electrons. The maximum absolute atomic E-state index is 12.4. The van der Waals surface area contributed by atoms with Crippen molar-refractivity contribution in [2.45, 2.75) is 25.8 Å². The number of piperidine rings is 1. The molecule has 1 saturated heterocycles. The van der Waals surface area contributed by atoms with Gasteiger partial charge in [0.15, 0.2) is 0 Å². The van der Waals surface area contributed by atoms with Gasteiger partial charge < -0.3 is 15.4 Å². The molecule has 1 aliphatic rings. The van der Waals surface area contributed by atoms with Crippen LogP contribution in [0, 0.1) is 5.92 Å². The van der Waals surface area contributed by atoms with Gasteiger partial charge in [0.05, 0.1) is 12.7 Å². The van der Waals surface area contributed by atoms with Gasteiger partial charge in [-0.15, -0.1) is 0 Å². The van der Waals surface area contributed by atoms with Crippen LogP contribution >= 0.6 is 15.9 Å². The number of hydrogen-bond donors (Lipinski definition) is 2. The van der Waals surface area contributed by atoms with Crippen LogP contribution in [0.25, 0.3) is 0 Å². The highest BCUT2D eigenvalue weighted by atomic mass is 79.9. The van der Waals surface area contributed by atoms with Gasteiger partial charge in [-0.3, -0.25) is 4.79 Å². The Hall–Kier alpha value is -1.07. The molecular weight excluding hydrogens is 320 g/mol. The molecule has 2 atom stereocenters. The number of ether oxygens (including phenoxy) is 1. The summed E-state index contributed by atoms with van der Waals surface area (Å²) in [6.07, 6.45) is 2.33. The summed E-state index contributed by atoms with van der Waals surface area (Å²) < 4.78 is 6.17. The van der Waals surface area contributed by atoms with Crippen molar-refractivity contribution in [3.8, 4) is 5.75 Å². The van der Waals surface area contributed by atoms with Gasteiger partial charge in [0.2, 0.25) is 0 Å². The Bertz CT molecular complexity index is 473. The lowest BCUT2D eigenvalue weighted by atomic mass is 9.92. The number of benzene rings is 1. The average molecular weight is 341 g/mol.